The second-order valence-electron chi connectivity index (χ2n) is 6.97. The highest BCUT2D eigenvalue weighted by molar-refractivity contribution is 6.34. The van der Waals surface area contributed by atoms with Crippen molar-refractivity contribution >= 4 is 29.1 Å². The van der Waals surface area contributed by atoms with Gasteiger partial charge in [-0.1, -0.05) is 23.2 Å². The summed E-state index contributed by atoms with van der Waals surface area (Å²) < 4.78 is 7.50. The summed E-state index contributed by atoms with van der Waals surface area (Å²) in [6.07, 6.45) is 3.17. The maximum absolute atomic E-state index is 12.9. The molecule has 30 heavy (non-hydrogen) atoms. The van der Waals surface area contributed by atoms with Crippen LogP contribution in [-0.2, 0) is 0 Å². The molecular weight excluding hydrogens is 425 g/mol. The van der Waals surface area contributed by atoms with Gasteiger partial charge in [0, 0.05) is 43.4 Å². The number of aromatic nitrogens is 3. The average Bonchev–Trinajstić information content (AvgIpc) is 3.30. The smallest absolute Gasteiger partial charge is 0.255 e. The number of nitrogens with zero attached hydrogens (tertiary/aromatic N) is 5. The van der Waals surface area contributed by atoms with Crippen LogP contribution in [0.4, 0.5) is 0 Å². The Kier molecular flexibility index (Phi) is 6.52. The molecule has 0 atom stereocenters. The van der Waals surface area contributed by atoms with Gasteiger partial charge < -0.3 is 9.64 Å². The summed E-state index contributed by atoms with van der Waals surface area (Å²) in [7, 11) is 0. The molecule has 2 aromatic carbocycles. The molecule has 0 aliphatic carbocycles. The summed E-state index contributed by atoms with van der Waals surface area (Å²) in [5.41, 5.74) is 1.32. The Balaban J connectivity index is 1.27. The van der Waals surface area contributed by atoms with Gasteiger partial charge in [0.1, 0.15) is 25.0 Å². The topological polar surface area (TPSA) is 63.5 Å². The predicted octanol–water partition coefficient (Wildman–Crippen LogP) is 3.41. The Bertz CT molecular complexity index is 987. The van der Waals surface area contributed by atoms with E-state index in [1.807, 2.05) is 35.2 Å². The van der Waals surface area contributed by atoms with Crippen molar-refractivity contribution < 1.29 is 9.53 Å². The van der Waals surface area contributed by atoms with Gasteiger partial charge in [-0.05, 0) is 42.5 Å². The van der Waals surface area contributed by atoms with Crippen molar-refractivity contribution in [2.75, 3.05) is 39.3 Å². The Morgan fingerprint density at radius 1 is 0.967 bits per heavy atom. The molecule has 0 radical (unpaired) electrons. The summed E-state index contributed by atoms with van der Waals surface area (Å²) in [6.45, 7) is 4.30. The van der Waals surface area contributed by atoms with Crippen molar-refractivity contribution in [3.8, 4) is 11.4 Å². The molecule has 156 valence electrons. The SMILES string of the molecule is O=C(c1ccc(-n2cnnc2)cc1Cl)N1CCN(CCOc2ccc(Cl)cc2)CC1. The van der Waals surface area contributed by atoms with Crippen molar-refractivity contribution in [2.45, 2.75) is 0 Å². The largest absolute Gasteiger partial charge is 0.492 e. The molecule has 0 bridgehead atoms. The Morgan fingerprint density at radius 3 is 2.33 bits per heavy atom. The third-order valence-electron chi connectivity index (χ3n) is 5.05. The van der Waals surface area contributed by atoms with E-state index >= 15 is 0 Å². The van der Waals surface area contributed by atoms with Crippen LogP contribution in [0.1, 0.15) is 10.4 Å². The molecule has 3 aromatic rings. The normalized spacial score (nSPS) is 14.7. The number of benzene rings is 2. The lowest BCUT2D eigenvalue weighted by molar-refractivity contribution is 0.0620. The molecule has 1 aromatic heterocycles. The van der Waals surface area contributed by atoms with E-state index in [1.54, 1.807) is 29.4 Å². The summed E-state index contributed by atoms with van der Waals surface area (Å²) in [4.78, 5) is 17.0. The highest BCUT2D eigenvalue weighted by atomic mass is 35.5. The van der Waals surface area contributed by atoms with Crippen LogP contribution < -0.4 is 4.74 Å². The Labute approximate surface area is 184 Å². The molecule has 1 aliphatic heterocycles. The van der Waals surface area contributed by atoms with Crippen LogP contribution in [0.25, 0.3) is 5.69 Å². The van der Waals surface area contributed by atoms with Gasteiger partial charge in [0.05, 0.1) is 10.6 Å². The number of piperazine rings is 1. The number of halogens is 2. The van der Waals surface area contributed by atoms with Gasteiger partial charge >= 0.3 is 0 Å². The fourth-order valence-corrected chi connectivity index (χ4v) is 3.72. The molecule has 1 aliphatic rings. The lowest BCUT2D eigenvalue weighted by Crippen LogP contribution is -2.49. The van der Waals surface area contributed by atoms with E-state index < -0.39 is 0 Å². The molecule has 1 fully saturated rings. The number of carbonyl (C=O) groups excluding carboxylic acids is 1. The Hall–Kier alpha value is -2.61. The summed E-state index contributed by atoms with van der Waals surface area (Å²) in [6, 6.07) is 12.7. The van der Waals surface area contributed by atoms with Gasteiger partial charge in [0.25, 0.3) is 5.91 Å². The zero-order valence-corrected chi connectivity index (χ0v) is 17.8. The van der Waals surface area contributed by atoms with Crippen LogP contribution in [0.3, 0.4) is 0 Å². The average molecular weight is 446 g/mol. The lowest BCUT2D eigenvalue weighted by Gasteiger charge is -2.34. The van der Waals surface area contributed by atoms with Gasteiger partial charge in [0.15, 0.2) is 0 Å². The first-order chi connectivity index (χ1) is 14.6. The first-order valence-corrected chi connectivity index (χ1v) is 10.4. The molecule has 1 saturated heterocycles. The van der Waals surface area contributed by atoms with Crippen molar-refractivity contribution in [1.82, 2.24) is 24.6 Å². The van der Waals surface area contributed by atoms with E-state index in [1.165, 1.54) is 0 Å². The van der Waals surface area contributed by atoms with E-state index in [9.17, 15) is 4.79 Å². The van der Waals surface area contributed by atoms with Gasteiger partial charge in [-0.3, -0.25) is 14.3 Å². The second kappa shape index (κ2) is 9.47. The second-order valence-corrected chi connectivity index (χ2v) is 7.81. The quantitative estimate of drug-likeness (QED) is 0.581. The first kappa shape index (κ1) is 20.7. The van der Waals surface area contributed by atoms with E-state index in [0.717, 1.165) is 31.1 Å². The number of carbonyl (C=O) groups is 1. The fraction of sp³-hybridized carbons (Fsp3) is 0.286. The standard InChI is InChI=1S/C21H21Cl2N5O2/c22-16-1-4-18(5-2-16)30-12-11-26-7-9-27(10-8-26)21(29)19-6-3-17(13-20(19)23)28-14-24-25-15-28/h1-6,13-15H,7-12H2. The van der Waals surface area contributed by atoms with Crippen LogP contribution in [-0.4, -0.2) is 69.8 Å². The minimum Gasteiger partial charge on any atom is -0.492 e. The molecule has 0 spiro atoms. The highest BCUT2D eigenvalue weighted by Gasteiger charge is 2.23. The van der Waals surface area contributed by atoms with E-state index in [4.69, 9.17) is 27.9 Å². The monoisotopic (exact) mass is 445 g/mol. The maximum atomic E-state index is 12.9. The van der Waals surface area contributed by atoms with Gasteiger partial charge in [-0.25, -0.2) is 0 Å². The fourth-order valence-electron chi connectivity index (χ4n) is 3.34. The Morgan fingerprint density at radius 2 is 1.67 bits per heavy atom. The van der Waals surface area contributed by atoms with Crippen molar-refractivity contribution in [3.05, 3.63) is 70.7 Å². The predicted molar refractivity (Wildman–Crippen MR) is 116 cm³/mol. The minimum atomic E-state index is -0.0487. The number of ether oxygens (including phenoxy) is 1. The molecular formula is C21H21Cl2N5O2. The molecule has 1 amide bonds. The zero-order valence-electron chi connectivity index (χ0n) is 16.2. The molecule has 0 saturated carbocycles. The number of hydrogen-bond donors (Lipinski definition) is 0. The molecule has 9 heteroatoms. The van der Waals surface area contributed by atoms with Crippen LogP contribution in [0.5, 0.6) is 5.75 Å². The molecule has 4 rings (SSSR count). The minimum absolute atomic E-state index is 0.0487. The highest BCUT2D eigenvalue weighted by Crippen LogP contribution is 2.22. The van der Waals surface area contributed by atoms with Crippen molar-refractivity contribution in [2.24, 2.45) is 0 Å². The van der Waals surface area contributed by atoms with Gasteiger partial charge in [-0.15, -0.1) is 10.2 Å². The third-order valence-corrected chi connectivity index (χ3v) is 5.61. The molecule has 7 nitrogen and oxygen atoms in total. The summed E-state index contributed by atoms with van der Waals surface area (Å²) >= 11 is 12.3. The molecule has 0 N–H and O–H groups in total. The molecule has 2 heterocycles. The zero-order chi connectivity index (χ0) is 20.9. The van der Waals surface area contributed by atoms with E-state index in [2.05, 4.69) is 15.1 Å². The summed E-state index contributed by atoms with van der Waals surface area (Å²) in [5.74, 6) is 0.755. The van der Waals surface area contributed by atoms with Gasteiger partial charge in [0.2, 0.25) is 0 Å². The lowest BCUT2D eigenvalue weighted by atomic mass is 10.1. The van der Waals surface area contributed by atoms with Crippen LogP contribution in [0, 0.1) is 0 Å². The number of rotatable bonds is 6. The van der Waals surface area contributed by atoms with Gasteiger partial charge in [-0.2, -0.15) is 0 Å². The summed E-state index contributed by atoms with van der Waals surface area (Å²) in [5, 5.41) is 8.68. The molecule has 0 unspecified atom stereocenters. The van der Waals surface area contributed by atoms with Crippen molar-refractivity contribution in [1.29, 1.82) is 0 Å². The number of hydrogen-bond acceptors (Lipinski definition) is 5. The van der Waals surface area contributed by atoms with Crippen molar-refractivity contribution in [3.63, 3.8) is 0 Å². The third kappa shape index (κ3) is 4.92. The van der Waals surface area contributed by atoms with E-state index in [-0.39, 0.29) is 5.91 Å². The van der Waals surface area contributed by atoms with Crippen LogP contribution in [0.2, 0.25) is 10.0 Å². The van der Waals surface area contributed by atoms with Crippen LogP contribution >= 0.6 is 23.2 Å². The van der Waals surface area contributed by atoms with E-state index in [0.29, 0.717) is 35.3 Å². The maximum Gasteiger partial charge on any atom is 0.255 e. The first-order valence-electron chi connectivity index (χ1n) is 9.65. The van der Waals surface area contributed by atoms with Crippen LogP contribution in [0.15, 0.2) is 55.1 Å². The number of amides is 1.